The standard InChI is InChI=1S/C25H13BrClNO4S/c26-16-11-9-14(10-12-16)24(29)31-19-7-3-1-5-15(19)13-18-25(30)32-23(28-18)22-21(27)17-6-2-4-8-20(17)33-22/h1-13H/b18-13+. The lowest BCUT2D eigenvalue weighted by Gasteiger charge is -2.07. The molecule has 162 valence electrons. The van der Waals surface area contributed by atoms with Gasteiger partial charge in [-0.3, -0.25) is 0 Å². The van der Waals surface area contributed by atoms with Crippen molar-refractivity contribution in [1.29, 1.82) is 0 Å². The van der Waals surface area contributed by atoms with Crippen LogP contribution in [0.2, 0.25) is 5.02 Å². The Balaban J connectivity index is 1.46. The Morgan fingerprint density at radius 2 is 1.76 bits per heavy atom. The van der Waals surface area contributed by atoms with Crippen LogP contribution in [0.5, 0.6) is 5.75 Å². The highest BCUT2D eigenvalue weighted by Gasteiger charge is 2.28. The van der Waals surface area contributed by atoms with Crippen molar-refractivity contribution in [2.75, 3.05) is 0 Å². The predicted molar refractivity (Wildman–Crippen MR) is 133 cm³/mol. The number of carbonyl (C=O) groups is 2. The van der Waals surface area contributed by atoms with E-state index in [9.17, 15) is 9.59 Å². The third kappa shape index (κ3) is 4.35. The number of rotatable bonds is 4. The van der Waals surface area contributed by atoms with E-state index in [0.717, 1.165) is 14.6 Å². The van der Waals surface area contributed by atoms with Gasteiger partial charge in [0.2, 0.25) is 5.90 Å². The maximum atomic E-state index is 12.5. The Hall–Kier alpha value is -3.26. The molecule has 0 fully saturated rings. The molecule has 33 heavy (non-hydrogen) atoms. The maximum Gasteiger partial charge on any atom is 0.363 e. The average molecular weight is 539 g/mol. The Morgan fingerprint density at radius 1 is 1.03 bits per heavy atom. The number of ether oxygens (including phenoxy) is 2. The third-order valence-electron chi connectivity index (χ3n) is 4.84. The molecule has 5 nitrogen and oxygen atoms in total. The van der Waals surface area contributed by atoms with Gasteiger partial charge in [0.1, 0.15) is 10.6 Å². The Kier molecular flexibility index (Phi) is 5.85. The molecule has 0 atom stereocenters. The molecule has 4 aromatic rings. The summed E-state index contributed by atoms with van der Waals surface area (Å²) in [4.78, 5) is 30.0. The molecule has 0 radical (unpaired) electrons. The zero-order valence-electron chi connectivity index (χ0n) is 16.7. The number of cyclic esters (lactones) is 1. The van der Waals surface area contributed by atoms with Crippen LogP contribution in [0, 0.1) is 0 Å². The zero-order chi connectivity index (χ0) is 22.9. The topological polar surface area (TPSA) is 65.0 Å². The summed E-state index contributed by atoms with van der Waals surface area (Å²) in [5.74, 6) is -0.660. The minimum atomic E-state index is -0.604. The molecule has 0 N–H and O–H groups in total. The molecule has 0 spiro atoms. The highest BCUT2D eigenvalue weighted by molar-refractivity contribution is 9.10. The van der Waals surface area contributed by atoms with E-state index in [4.69, 9.17) is 21.1 Å². The van der Waals surface area contributed by atoms with Crippen LogP contribution < -0.4 is 4.74 Å². The van der Waals surface area contributed by atoms with E-state index in [0.29, 0.717) is 26.8 Å². The summed E-state index contributed by atoms with van der Waals surface area (Å²) in [6.07, 6.45) is 1.53. The summed E-state index contributed by atoms with van der Waals surface area (Å²) in [7, 11) is 0. The van der Waals surface area contributed by atoms with Gasteiger partial charge in [-0.2, -0.15) is 0 Å². The van der Waals surface area contributed by atoms with E-state index in [1.807, 2.05) is 24.3 Å². The smallest absolute Gasteiger partial charge is 0.363 e. The van der Waals surface area contributed by atoms with Gasteiger partial charge in [0.05, 0.1) is 10.6 Å². The van der Waals surface area contributed by atoms with Crippen LogP contribution in [0.25, 0.3) is 16.2 Å². The summed E-state index contributed by atoms with van der Waals surface area (Å²) in [5, 5.41) is 1.37. The molecule has 1 aromatic heterocycles. The molecule has 0 amide bonds. The Bertz CT molecular complexity index is 1470. The molecule has 8 heteroatoms. The number of halogens is 2. The number of hydrogen-bond donors (Lipinski definition) is 0. The van der Waals surface area contributed by atoms with Crippen molar-refractivity contribution in [3.05, 3.63) is 104 Å². The lowest BCUT2D eigenvalue weighted by Crippen LogP contribution is -2.09. The number of hydrogen-bond acceptors (Lipinski definition) is 6. The van der Waals surface area contributed by atoms with E-state index < -0.39 is 11.9 Å². The first-order chi connectivity index (χ1) is 16.0. The fraction of sp³-hybridized carbons (Fsp3) is 0. The number of esters is 2. The number of benzene rings is 3. The van der Waals surface area contributed by atoms with E-state index in [1.54, 1.807) is 48.5 Å². The average Bonchev–Trinajstić information content (AvgIpc) is 3.35. The van der Waals surface area contributed by atoms with Crippen molar-refractivity contribution in [3.8, 4) is 5.75 Å². The van der Waals surface area contributed by atoms with Gasteiger partial charge in [-0.05, 0) is 42.5 Å². The maximum absolute atomic E-state index is 12.5. The van der Waals surface area contributed by atoms with Gasteiger partial charge in [-0.1, -0.05) is 63.9 Å². The van der Waals surface area contributed by atoms with Crippen LogP contribution >= 0.6 is 38.9 Å². The molecule has 1 aliphatic heterocycles. The first-order valence-electron chi connectivity index (χ1n) is 9.76. The van der Waals surface area contributed by atoms with Crippen molar-refractivity contribution in [3.63, 3.8) is 0 Å². The van der Waals surface area contributed by atoms with E-state index in [-0.39, 0.29) is 11.6 Å². The monoisotopic (exact) mass is 537 g/mol. The van der Waals surface area contributed by atoms with Crippen LogP contribution in [0.3, 0.4) is 0 Å². The van der Waals surface area contributed by atoms with Gasteiger partial charge < -0.3 is 9.47 Å². The van der Waals surface area contributed by atoms with Crippen LogP contribution in [0.4, 0.5) is 0 Å². The van der Waals surface area contributed by atoms with Crippen molar-refractivity contribution in [2.24, 2.45) is 4.99 Å². The van der Waals surface area contributed by atoms with Crippen molar-refractivity contribution in [2.45, 2.75) is 0 Å². The number of thiophene rings is 1. The molecule has 0 unspecified atom stereocenters. The molecule has 1 aliphatic rings. The lowest BCUT2D eigenvalue weighted by atomic mass is 10.1. The fourth-order valence-corrected chi connectivity index (χ4v) is 4.95. The second kappa shape index (κ2) is 8.94. The van der Waals surface area contributed by atoms with Crippen molar-refractivity contribution in [1.82, 2.24) is 0 Å². The second-order valence-corrected chi connectivity index (χ2v) is 9.36. The highest BCUT2D eigenvalue weighted by Crippen LogP contribution is 2.37. The van der Waals surface area contributed by atoms with Crippen LogP contribution in [0.1, 0.15) is 20.8 Å². The van der Waals surface area contributed by atoms with Crippen LogP contribution in [-0.2, 0) is 9.53 Å². The summed E-state index contributed by atoms with van der Waals surface area (Å²) < 4.78 is 12.8. The van der Waals surface area contributed by atoms with Gasteiger partial charge >= 0.3 is 11.9 Å². The largest absolute Gasteiger partial charge is 0.422 e. The van der Waals surface area contributed by atoms with E-state index in [1.165, 1.54) is 17.4 Å². The number of fused-ring (bicyclic) bond motifs is 1. The zero-order valence-corrected chi connectivity index (χ0v) is 19.9. The summed E-state index contributed by atoms with van der Waals surface area (Å²) >= 11 is 11.2. The van der Waals surface area contributed by atoms with E-state index >= 15 is 0 Å². The number of aliphatic imine (C=N–C) groups is 1. The van der Waals surface area contributed by atoms with Gasteiger partial charge in [0, 0.05) is 20.1 Å². The fourth-order valence-electron chi connectivity index (χ4n) is 3.24. The van der Waals surface area contributed by atoms with Gasteiger partial charge in [0.15, 0.2) is 5.70 Å². The Morgan fingerprint density at radius 3 is 2.55 bits per heavy atom. The quantitative estimate of drug-likeness (QED) is 0.161. The lowest BCUT2D eigenvalue weighted by molar-refractivity contribution is -0.129. The van der Waals surface area contributed by atoms with Gasteiger partial charge in [0.25, 0.3) is 0 Å². The Labute approximate surface area is 206 Å². The first kappa shape index (κ1) is 21.6. The molecule has 0 saturated carbocycles. The second-order valence-electron chi connectivity index (χ2n) is 7.01. The third-order valence-corrected chi connectivity index (χ3v) is 7.04. The minimum Gasteiger partial charge on any atom is -0.422 e. The first-order valence-corrected chi connectivity index (χ1v) is 11.7. The van der Waals surface area contributed by atoms with Crippen LogP contribution in [0.15, 0.2) is 88.0 Å². The predicted octanol–water partition coefficient (Wildman–Crippen LogP) is 6.88. The molecule has 0 saturated heterocycles. The van der Waals surface area contributed by atoms with Crippen LogP contribution in [-0.4, -0.2) is 17.8 Å². The minimum absolute atomic E-state index is 0.0886. The summed E-state index contributed by atoms with van der Waals surface area (Å²) in [5.41, 5.74) is 1.01. The van der Waals surface area contributed by atoms with Gasteiger partial charge in [-0.25, -0.2) is 14.6 Å². The molecule has 2 heterocycles. The molecule has 0 aliphatic carbocycles. The molecule has 5 rings (SSSR count). The molecular formula is C25H13BrClNO4S. The van der Waals surface area contributed by atoms with Crippen molar-refractivity contribution >= 4 is 72.9 Å². The molecule has 3 aromatic carbocycles. The van der Waals surface area contributed by atoms with E-state index in [2.05, 4.69) is 20.9 Å². The summed E-state index contributed by atoms with van der Waals surface area (Å²) in [6.45, 7) is 0. The number of carbonyl (C=O) groups excluding carboxylic acids is 2. The number of para-hydroxylation sites is 1. The number of nitrogens with zero attached hydrogens (tertiary/aromatic N) is 1. The normalized spacial score (nSPS) is 14.4. The molecule has 0 bridgehead atoms. The molecular weight excluding hydrogens is 526 g/mol. The highest BCUT2D eigenvalue weighted by atomic mass is 79.9. The SMILES string of the molecule is O=C1OC(c2sc3ccccc3c2Cl)=N/C1=C/c1ccccc1OC(=O)c1ccc(Br)cc1. The summed E-state index contributed by atoms with van der Waals surface area (Å²) in [6, 6.07) is 21.4. The van der Waals surface area contributed by atoms with Gasteiger partial charge in [-0.15, -0.1) is 11.3 Å². The van der Waals surface area contributed by atoms with Crippen molar-refractivity contribution < 1.29 is 19.1 Å².